The summed E-state index contributed by atoms with van der Waals surface area (Å²) in [5, 5.41) is 11.1. The Balaban J connectivity index is 1.90. The van der Waals surface area contributed by atoms with Crippen LogP contribution in [0.3, 0.4) is 0 Å². The van der Waals surface area contributed by atoms with Gasteiger partial charge in [0.15, 0.2) is 0 Å². The second-order valence-electron chi connectivity index (χ2n) is 5.86. The summed E-state index contributed by atoms with van der Waals surface area (Å²) in [4.78, 5) is 48.6. The summed E-state index contributed by atoms with van der Waals surface area (Å²) < 4.78 is 0. The first-order chi connectivity index (χ1) is 11.5. The Labute approximate surface area is 137 Å². The average molecular weight is 328 g/mol. The zero-order chi connectivity index (χ0) is 17.3. The molecule has 7 heteroatoms. The molecule has 0 unspecified atom stereocenters. The van der Waals surface area contributed by atoms with Gasteiger partial charge in [0.25, 0.3) is 11.8 Å². The molecular weight excluding hydrogens is 312 g/mol. The lowest BCUT2D eigenvalue weighted by Gasteiger charge is -2.31. The number of carbonyl (C=O) groups excluding carboxylic acids is 3. The Morgan fingerprint density at radius 2 is 1.75 bits per heavy atom. The van der Waals surface area contributed by atoms with Crippen molar-refractivity contribution in [2.24, 2.45) is 0 Å². The van der Waals surface area contributed by atoms with Crippen molar-refractivity contribution < 1.29 is 24.3 Å². The van der Waals surface area contributed by atoms with Crippen LogP contribution in [0.25, 0.3) is 6.08 Å². The number of nitrogens with zero attached hydrogens (tertiary/aromatic N) is 1. The number of carboxylic acid groups (broad SMARTS) is 1. The number of aromatic carboxylic acids is 1. The van der Waals surface area contributed by atoms with E-state index in [0.717, 1.165) is 30.6 Å². The third-order valence-corrected chi connectivity index (χ3v) is 4.29. The Morgan fingerprint density at radius 3 is 2.33 bits per heavy atom. The number of rotatable bonds is 3. The Hall–Kier alpha value is -2.96. The summed E-state index contributed by atoms with van der Waals surface area (Å²) in [5.41, 5.74) is 0.503. The monoisotopic (exact) mass is 328 g/mol. The van der Waals surface area contributed by atoms with E-state index in [9.17, 15) is 19.2 Å². The molecule has 0 spiro atoms. The number of benzene rings is 1. The van der Waals surface area contributed by atoms with Gasteiger partial charge in [0.2, 0.25) is 0 Å². The van der Waals surface area contributed by atoms with E-state index in [0.29, 0.717) is 5.56 Å². The summed E-state index contributed by atoms with van der Waals surface area (Å²) >= 11 is 0. The molecule has 1 heterocycles. The molecule has 0 aromatic heterocycles. The lowest BCUT2D eigenvalue weighted by molar-refractivity contribution is -0.131. The molecule has 1 saturated heterocycles. The smallest absolute Gasteiger partial charge is 0.335 e. The van der Waals surface area contributed by atoms with E-state index in [1.54, 1.807) is 0 Å². The molecule has 24 heavy (non-hydrogen) atoms. The maximum Gasteiger partial charge on any atom is 0.335 e. The molecule has 0 atom stereocenters. The van der Waals surface area contributed by atoms with Crippen LogP contribution in [0.1, 0.15) is 41.6 Å². The van der Waals surface area contributed by atoms with Gasteiger partial charge in [-0.05, 0) is 36.6 Å². The van der Waals surface area contributed by atoms with Crippen molar-refractivity contribution in [3.8, 4) is 0 Å². The summed E-state index contributed by atoms with van der Waals surface area (Å²) in [6.45, 7) is 0. The van der Waals surface area contributed by atoms with Gasteiger partial charge >= 0.3 is 12.0 Å². The molecule has 7 nitrogen and oxygen atoms in total. The Morgan fingerprint density at radius 1 is 1.12 bits per heavy atom. The Kier molecular flexibility index (Phi) is 4.16. The fraction of sp³-hybridized carbons (Fsp3) is 0.294. The van der Waals surface area contributed by atoms with Gasteiger partial charge in [0.05, 0.1) is 5.56 Å². The molecule has 3 rings (SSSR count). The molecule has 0 bridgehead atoms. The largest absolute Gasteiger partial charge is 0.478 e. The molecule has 4 amide bonds. The number of barbiturate groups is 1. The lowest BCUT2D eigenvalue weighted by Crippen LogP contribution is -2.57. The minimum absolute atomic E-state index is 0.110. The van der Waals surface area contributed by atoms with Crippen molar-refractivity contribution in [3.05, 3.63) is 41.0 Å². The third-order valence-electron chi connectivity index (χ3n) is 4.29. The van der Waals surface area contributed by atoms with Crippen LogP contribution in [-0.2, 0) is 9.59 Å². The molecule has 2 N–H and O–H groups in total. The van der Waals surface area contributed by atoms with Gasteiger partial charge in [0, 0.05) is 6.04 Å². The van der Waals surface area contributed by atoms with Gasteiger partial charge in [-0.1, -0.05) is 25.0 Å². The van der Waals surface area contributed by atoms with E-state index >= 15 is 0 Å². The van der Waals surface area contributed by atoms with Gasteiger partial charge in [-0.25, -0.2) is 9.59 Å². The summed E-state index contributed by atoms with van der Waals surface area (Å²) in [6, 6.07) is 4.94. The predicted molar refractivity (Wildman–Crippen MR) is 84.0 cm³/mol. The first kappa shape index (κ1) is 15.9. The van der Waals surface area contributed by atoms with Gasteiger partial charge in [-0.2, -0.15) is 0 Å². The first-order valence-electron chi connectivity index (χ1n) is 7.71. The second kappa shape index (κ2) is 6.27. The van der Waals surface area contributed by atoms with Gasteiger partial charge in [0.1, 0.15) is 5.57 Å². The van der Waals surface area contributed by atoms with E-state index in [2.05, 4.69) is 5.32 Å². The van der Waals surface area contributed by atoms with Crippen molar-refractivity contribution in [1.29, 1.82) is 0 Å². The number of nitrogens with one attached hydrogen (secondary N) is 1. The SMILES string of the molecule is O=C1NC(=O)N(C2CCCC2)C(=O)/C1=C\c1ccc(C(=O)O)cc1. The summed E-state index contributed by atoms with van der Waals surface area (Å²) in [6.07, 6.45) is 4.76. The van der Waals surface area contributed by atoms with Crippen molar-refractivity contribution in [3.63, 3.8) is 0 Å². The third kappa shape index (κ3) is 2.92. The maximum absolute atomic E-state index is 12.6. The molecule has 1 aromatic rings. The van der Waals surface area contributed by atoms with Crippen molar-refractivity contribution in [2.45, 2.75) is 31.7 Å². The maximum atomic E-state index is 12.6. The number of hydrogen-bond acceptors (Lipinski definition) is 4. The fourth-order valence-electron chi connectivity index (χ4n) is 3.05. The van der Waals surface area contributed by atoms with Gasteiger partial charge in [-0.3, -0.25) is 19.8 Å². The summed E-state index contributed by atoms with van der Waals surface area (Å²) in [5.74, 6) is -2.39. The van der Waals surface area contributed by atoms with Gasteiger partial charge in [-0.15, -0.1) is 0 Å². The van der Waals surface area contributed by atoms with E-state index in [4.69, 9.17) is 5.11 Å². The quantitative estimate of drug-likeness (QED) is 0.650. The molecule has 124 valence electrons. The molecule has 1 aliphatic heterocycles. The Bertz CT molecular complexity index is 745. The number of amides is 4. The van der Waals surface area contributed by atoms with Crippen molar-refractivity contribution >= 4 is 29.9 Å². The predicted octanol–water partition coefficient (Wildman–Crippen LogP) is 1.79. The molecule has 1 saturated carbocycles. The van der Waals surface area contributed by atoms with E-state index < -0.39 is 23.8 Å². The van der Waals surface area contributed by atoms with Crippen LogP contribution in [-0.4, -0.2) is 39.9 Å². The normalized spacial score (nSPS) is 20.6. The molecule has 2 aliphatic rings. The number of urea groups is 1. The number of imide groups is 2. The van der Waals surface area contributed by atoms with Crippen LogP contribution in [0.15, 0.2) is 29.8 Å². The number of carboxylic acids is 1. The highest BCUT2D eigenvalue weighted by atomic mass is 16.4. The van der Waals surface area contributed by atoms with Crippen LogP contribution in [0.5, 0.6) is 0 Å². The number of hydrogen-bond donors (Lipinski definition) is 2. The molecular formula is C17H16N2O5. The molecule has 2 fully saturated rings. The van der Waals surface area contributed by atoms with Crippen LogP contribution in [0, 0.1) is 0 Å². The topological polar surface area (TPSA) is 104 Å². The number of carbonyl (C=O) groups is 4. The first-order valence-corrected chi connectivity index (χ1v) is 7.71. The van der Waals surface area contributed by atoms with Crippen molar-refractivity contribution in [1.82, 2.24) is 10.2 Å². The van der Waals surface area contributed by atoms with E-state index in [-0.39, 0.29) is 17.2 Å². The lowest BCUT2D eigenvalue weighted by atomic mass is 10.0. The highest BCUT2D eigenvalue weighted by molar-refractivity contribution is 6.31. The zero-order valence-corrected chi connectivity index (χ0v) is 12.8. The minimum Gasteiger partial charge on any atom is -0.478 e. The fourth-order valence-corrected chi connectivity index (χ4v) is 3.05. The second-order valence-corrected chi connectivity index (χ2v) is 5.86. The van der Waals surface area contributed by atoms with Crippen LogP contribution in [0.4, 0.5) is 4.79 Å². The highest BCUT2D eigenvalue weighted by Crippen LogP contribution is 2.27. The van der Waals surface area contributed by atoms with E-state index in [1.165, 1.54) is 30.3 Å². The van der Waals surface area contributed by atoms with Gasteiger partial charge < -0.3 is 5.11 Å². The van der Waals surface area contributed by atoms with Crippen molar-refractivity contribution in [2.75, 3.05) is 0 Å². The van der Waals surface area contributed by atoms with Crippen LogP contribution >= 0.6 is 0 Å². The average Bonchev–Trinajstić information content (AvgIpc) is 3.05. The minimum atomic E-state index is -1.06. The summed E-state index contributed by atoms with van der Waals surface area (Å²) in [7, 11) is 0. The highest BCUT2D eigenvalue weighted by Gasteiger charge is 2.40. The molecule has 1 aliphatic carbocycles. The molecule has 1 aromatic carbocycles. The van der Waals surface area contributed by atoms with Crippen LogP contribution in [0.2, 0.25) is 0 Å². The molecule has 0 radical (unpaired) electrons. The zero-order valence-electron chi connectivity index (χ0n) is 12.8. The van der Waals surface area contributed by atoms with Crippen LogP contribution < -0.4 is 5.32 Å². The standard InChI is InChI=1S/C17H16N2O5/c20-14-13(9-10-5-7-11(8-6-10)16(22)23)15(21)19(17(24)18-14)12-3-1-2-4-12/h5-9,12H,1-4H2,(H,22,23)(H,18,20,24)/b13-9-. The van der Waals surface area contributed by atoms with E-state index in [1.807, 2.05) is 0 Å².